The Bertz CT molecular complexity index is 1830. The molecule has 2 N–H and O–H groups in total. The number of carbonyl (C=O) groups is 1. The molecule has 1 amide bonds. The Morgan fingerprint density at radius 3 is 2.51 bits per heavy atom. The van der Waals surface area contributed by atoms with E-state index in [9.17, 15) is 27.1 Å². The summed E-state index contributed by atoms with van der Waals surface area (Å²) in [6, 6.07) is 8.95. The lowest BCUT2D eigenvalue weighted by Gasteiger charge is -2.18. The molecule has 214 valence electrons. The van der Waals surface area contributed by atoms with Crippen molar-refractivity contribution in [3.8, 4) is 17.2 Å². The lowest BCUT2D eigenvalue weighted by Crippen LogP contribution is -2.23. The predicted octanol–water partition coefficient (Wildman–Crippen LogP) is 4.66. The molecule has 5 rings (SSSR count). The molecule has 0 unspecified atom stereocenters. The second-order valence-corrected chi connectivity index (χ2v) is 11.6. The molecule has 4 aromatic rings. The molecule has 0 fully saturated rings. The van der Waals surface area contributed by atoms with Crippen molar-refractivity contribution < 1.29 is 36.6 Å². The summed E-state index contributed by atoms with van der Waals surface area (Å²) in [6.45, 7) is 1.62. The Kier molecular flexibility index (Phi) is 7.20. The fourth-order valence-electron chi connectivity index (χ4n) is 5.03. The third kappa shape index (κ3) is 5.34. The molecule has 0 radical (unpaired) electrons. The SMILES string of the molecule is COc1ccc(CN2Cc3c(c(O)c4ncc(Cc5cc(C)c(F)cc5F)cc4c3NS(C)(=O)=O)C2=O)c(OC)c1. The van der Waals surface area contributed by atoms with Crippen LogP contribution in [-0.2, 0) is 29.5 Å². The fraction of sp³-hybridized carbons (Fsp3) is 0.241. The van der Waals surface area contributed by atoms with Crippen LogP contribution in [0.1, 0.15) is 38.2 Å². The summed E-state index contributed by atoms with van der Waals surface area (Å²) < 4.78 is 66.3. The summed E-state index contributed by atoms with van der Waals surface area (Å²) in [5.41, 5.74) is 1.98. The Hall–Kier alpha value is -4.45. The van der Waals surface area contributed by atoms with Crippen LogP contribution in [0.5, 0.6) is 17.2 Å². The molecular formula is C29H27F2N3O6S. The van der Waals surface area contributed by atoms with Crippen molar-refractivity contribution in [2.24, 2.45) is 0 Å². The zero-order valence-electron chi connectivity index (χ0n) is 22.7. The van der Waals surface area contributed by atoms with Crippen LogP contribution in [0.25, 0.3) is 10.9 Å². The summed E-state index contributed by atoms with van der Waals surface area (Å²) >= 11 is 0. The number of halogens is 2. The van der Waals surface area contributed by atoms with Gasteiger partial charge >= 0.3 is 0 Å². The zero-order valence-corrected chi connectivity index (χ0v) is 23.5. The number of rotatable bonds is 8. The molecule has 12 heteroatoms. The van der Waals surface area contributed by atoms with Gasteiger partial charge in [0.25, 0.3) is 5.91 Å². The average Bonchev–Trinajstić information content (AvgIpc) is 3.25. The number of nitrogens with one attached hydrogen (secondary N) is 1. The fourth-order valence-corrected chi connectivity index (χ4v) is 5.64. The number of amides is 1. The molecular weight excluding hydrogens is 556 g/mol. The standard InChI is InChI=1S/C29H27F2N3O6S/c1-15-7-18(23(31)11-22(15)30)8-16-9-20-26(33-41(4,37)38)21-14-34(29(36)25(21)28(35)27(20)32-12-16)13-17-5-6-19(39-2)10-24(17)40-3/h5-7,9-12,33,35H,8,13-14H2,1-4H3. The van der Waals surface area contributed by atoms with E-state index >= 15 is 0 Å². The van der Waals surface area contributed by atoms with Crippen molar-refractivity contribution in [3.63, 3.8) is 0 Å². The molecule has 1 aliphatic rings. The van der Waals surface area contributed by atoms with Crippen molar-refractivity contribution in [1.29, 1.82) is 0 Å². The van der Waals surface area contributed by atoms with Crippen molar-refractivity contribution in [2.75, 3.05) is 25.2 Å². The van der Waals surface area contributed by atoms with Crippen LogP contribution in [0.15, 0.2) is 42.6 Å². The van der Waals surface area contributed by atoms with E-state index in [0.717, 1.165) is 12.3 Å². The molecule has 2 heterocycles. The third-order valence-corrected chi connectivity index (χ3v) is 7.57. The molecule has 1 aromatic heterocycles. The Morgan fingerprint density at radius 1 is 1.07 bits per heavy atom. The van der Waals surface area contributed by atoms with Crippen LogP contribution in [-0.4, -0.2) is 49.8 Å². The van der Waals surface area contributed by atoms with E-state index < -0.39 is 33.3 Å². The van der Waals surface area contributed by atoms with E-state index in [1.807, 2.05) is 0 Å². The number of benzene rings is 3. The lowest BCUT2D eigenvalue weighted by molar-refractivity contribution is 0.0763. The highest BCUT2D eigenvalue weighted by Crippen LogP contribution is 2.44. The molecule has 0 atom stereocenters. The van der Waals surface area contributed by atoms with E-state index in [2.05, 4.69) is 9.71 Å². The maximum Gasteiger partial charge on any atom is 0.258 e. The van der Waals surface area contributed by atoms with Gasteiger partial charge in [-0.25, -0.2) is 17.2 Å². The van der Waals surface area contributed by atoms with E-state index in [4.69, 9.17) is 9.47 Å². The molecule has 0 aliphatic carbocycles. The number of aromatic hydroxyl groups is 1. The molecule has 41 heavy (non-hydrogen) atoms. The third-order valence-electron chi connectivity index (χ3n) is 6.99. The van der Waals surface area contributed by atoms with Gasteiger partial charge in [-0.05, 0) is 47.9 Å². The largest absolute Gasteiger partial charge is 0.505 e. The highest BCUT2D eigenvalue weighted by Gasteiger charge is 2.36. The number of methoxy groups -OCH3 is 2. The summed E-state index contributed by atoms with van der Waals surface area (Å²) in [6.07, 6.45) is 2.41. The monoisotopic (exact) mass is 583 g/mol. The van der Waals surface area contributed by atoms with Gasteiger partial charge in [0.1, 0.15) is 28.7 Å². The number of pyridine rings is 1. The minimum absolute atomic E-state index is 0.00615. The summed E-state index contributed by atoms with van der Waals surface area (Å²) in [7, 11) is -0.812. The van der Waals surface area contributed by atoms with Gasteiger partial charge in [-0.2, -0.15) is 0 Å². The van der Waals surface area contributed by atoms with Crippen LogP contribution in [0.4, 0.5) is 14.5 Å². The number of phenols is 1. The first-order chi connectivity index (χ1) is 19.4. The minimum Gasteiger partial charge on any atom is -0.505 e. The first-order valence-electron chi connectivity index (χ1n) is 12.5. The maximum atomic E-state index is 14.5. The molecule has 0 spiro atoms. The number of anilines is 1. The Morgan fingerprint density at radius 2 is 1.83 bits per heavy atom. The van der Waals surface area contributed by atoms with Crippen LogP contribution in [0, 0.1) is 18.6 Å². The second kappa shape index (κ2) is 10.5. The number of aryl methyl sites for hydroxylation is 1. The van der Waals surface area contributed by atoms with Gasteiger partial charge in [0.15, 0.2) is 5.75 Å². The molecule has 0 saturated heterocycles. The Balaban J connectivity index is 1.60. The molecule has 0 bridgehead atoms. The van der Waals surface area contributed by atoms with Crippen LogP contribution >= 0.6 is 0 Å². The normalized spacial score (nSPS) is 13.0. The highest BCUT2D eigenvalue weighted by molar-refractivity contribution is 7.92. The number of carbonyl (C=O) groups excluding carboxylic acids is 1. The molecule has 9 nitrogen and oxygen atoms in total. The molecule has 3 aromatic carbocycles. The summed E-state index contributed by atoms with van der Waals surface area (Å²) in [5, 5.41) is 11.4. The summed E-state index contributed by atoms with van der Waals surface area (Å²) in [5.74, 6) is -1.23. The first kappa shape index (κ1) is 28.1. The lowest BCUT2D eigenvalue weighted by atomic mass is 9.98. The quantitative estimate of drug-likeness (QED) is 0.290. The van der Waals surface area contributed by atoms with Gasteiger partial charge in [-0.15, -0.1) is 0 Å². The number of hydrogen-bond donors (Lipinski definition) is 2. The first-order valence-corrected chi connectivity index (χ1v) is 14.4. The van der Waals surface area contributed by atoms with Crippen molar-refractivity contribution in [3.05, 3.63) is 87.6 Å². The minimum atomic E-state index is -3.83. The van der Waals surface area contributed by atoms with Gasteiger partial charge in [0, 0.05) is 54.4 Å². The van der Waals surface area contributed by atoms with Crippen LogP contribution in [0.3, 0.4) is 0 Å². The summed E-state index contributed by atoms with van der Waals surface area (Å²) in [4.78, 5) is 19.3. The highest BCUT2D eigenvalue weighted by atomic mass is 32.2. The number of phenolic OH excluding ortho intramolecular Hbond substituents is 1. The van der Waals surface area contributed by atoms with Gasteiger partial charge in [0.05, 0.1) is 31.7 Å². The van der Waals surface area contributed by atoms with E-state index in [1.165, 1.54) is 38.3 Å². The smallest absolute Gasteiger partial charge is 0.258 e. The van der Waals surface area contributed by atoms with E-state index in [-0.39, 0.29) is 58.4 Å². The zero-order chi connectivity index (χ0) is 29.6. The maximum absolute atomic E-state index is 14.5. The van der Waals surface area contributed by atoms with Gasteiger partial charge in [-0.3, -0.25) is 14.5 Å². The van der Waals surface area contributed by atoms with Crippen LogP contribution < -0.4 is 14.2 Å². The second-order valence-electron chi connectivity index (χ2n) is 9.90. The number of nitrogens with zero attached hydrogens (tertiary/aromatic N) is 2. The molecule has 1 aliphatic heterocycles. The number of aromatic nitrogens is 1. The van der Waals surface area contributed by atoms with Gasteiger partial charge in [0.2, 0.25) is 10.0 Å². The van der Waals surface area contributed by atoms with Gasteiger partial charge < -0.3 is 19.5 Å². The number of sulfonamides is 1. The number of fused-ring (bicyclic) bond motifs is 2. The van der Waals surface area contributed by atoms with Crippen molar-refractivity contribution in [2.45, 2.75) is 26.4 Å². The molecule has 0 saturated carbocycles. The topological polar surface area (TPSA) is 118 Å². The van der Waals surface area contributed by atoms with Crippen LogP contribution in [0.2, 0.25) is 0 Å². The Labute approximate surface area is 235 Å². The van der Waals surface area contributed by atoms with Crippen molar-refractivity contribution in [1.82, 2.24) is 9.88 Å². The van der Waals surface area contributed by atoms with E-state index in [0.29, 0.717) is 22.6 Å². The number of hydrogen-bond acceptors (Lipinski definition) is 7. The van der Waals surface area contributed by atoms with Crippen molar-refractivity contribution >= 4 is 32.5 Å². The van der Waals surface area contributed by atoms with E-state index in [1.54, 1.807) is 24.3 Å². The number of ether oxygens (including phenoxy) is 2. The predicted molar refractivity (Wildman–Crippen MR) is 149 cm³/mol. The van der Waals surface area contributed by atoms with Gasteiger partial charge in [-0.1, -0.05) is 0 Å². The average molecular weight is 584 g/mol.